The summed E-state index contributed by atoms with van der Waals surface area (Å²) in [5.74, 6) is -0.0773. The normalized spacial score (nSPS) is 16.0. The number of aryl methyl sites for hydroxylation is 1. The van der Waals surface area contributed by atoms with Crippen molar-refractivity contribution < 1.29 is 13.2 Å². The number of thioether (sulfide) groups is 1. The summed E-state index contributed by atoms with van der Waals surface area (Å²) in [6.07, 6.45) is 7.10. The zero-order valence-corrected chi connectivity index (χ0v) is 20.2. The molecule has 1 N–H and O–H groups in total. The summed E-state index contributed by atoms with van der Waals surface area (Å²) in [4.78, 5) is 16.0. The average Bonchev–Trinajstić information content (AvgIpc) is 3.07. The van der Waals surface area contributed by atoms with E-state index in [1.54, 1.807) is 12.1 Å². The minimum atomic E-state index is -3.77. The van der Waals surface area contributed by atoms with E-state index in [2.05, 4.69) is 11.6 Å². The van der Waals surface area contributed by atoms with Crippen LogP contribution in [0.5, 0.6) is 0 Å². The SMILES string of the molecule is CCc1ccc([C@H](C)NS(=O)(=O)c2ccc(SC)c(C(=O)N3CCCCCC3)c2)cc1. The predicted octanol–water partition coefficient (Wildman–Crippen LogP) is 5.03. The maximum absolute atomic E-state index is 13.2. The van der Waals surface area contributed by atoms with Crippen molar-refractivity contribution in [2.45, 2.75) is 61.8 Å². The lowest BCUT2D eigenvalue weighted by atomic mass is 10.1. The lowest BCUT2D eigenvalue weighted by Gasteiger charge is -2.22. The quantitative estimate of drug-likeness (QED) is 0.589. The highest BCUT2D eigenvalue weighted by molar-refractivity contribution is 7.98. The average molecular weight is 461 g/mol. The Labute approximate surface area is 190 Å². The summed E-state index contributed by atoms with van der Waals surface area (Å²) in [5, 5.41) is 0. The van der Waals surface area contributed by atoms with E-state index in [0.717, 1.165) is 55.7 Å². The van der Waals surface area contributed by atoms with Gasteiger partial charge in [-0.3, -0.25) is 4.79 Å². The Bertz CT molecular complexity index is 996. The number of benzene rings is 2. The van der Waals surface area contributed by atoms with Crippen molar-refractivity contribution in [1.29, 1.82) is 0 Å². The standard InChI is InChI=1S/C24H32N2O3S2/c1-4-19-9-11-20(12-10-19)18(2)25-31(28,29)21-13-14-23(30-3)22(17-21)24(27)26-15-7-5-6-8-16-26/h9-14,17-18,25H,4-8,15-16H2,1-3H3/t18-/m0/s1. The monoisotopic (exact) mass is 460 g/mol. The molecular weight excluding hydrogens is 428 g/mol. The topological polar surface area (TPSA) is 66.5 Å². The van der Waals surface area contributed by atoms with E-state index in [-0.39, 0.29) is 16.8 Å². The lowest BCUT2D eigenvalue weighted by molar-refractivity contribution is 0.0758. The van der Waals surface area contributed by atoms with Crippen molar-refractivity contribution in [3.8, 4) is 0 Å². The second-order valence-corrected chi connectivity index (χ2v) is 10.6. The molecule has 2 aromatic rings. The summed E-state index contributed by atoms with van der Waals surface area (Å²) >= 11 is 1.46. The molecule has 3 rings (SSSR count). The number of nitrogens with one attached hydrogen (secondary N) is 1. The molecule has 0 radical (unpaired) electrons. The van der Waals surface area contributed by atoms with Crippen LogP contribution in [0.1, 0.15) is 67.1 Å². The molecular formula is C24H32N2O3S2. The van der Waals surface area contributed by atoms with Crippen LogP contribution in [0.4, 0.5) is 0 Å². The molecule has 31 heavy (non-hydrogen) atoms. The van der Waals surface area contributed by atoms with Crippen molar-refractivity contribution in [1.82, 2.24) is 9.62 Å². The Morgan fingerprint density at radius 3 is 2.29 bits per heavy atom. The molecule has 1 atom stereocenters. The van der Waals surface area contributed by atoms with Crippen LogP contribution in [-0.4, -0.2) is 38.6 Å². The third kappa shape index (κ3) is 5.90. The molecule has 0 bridgehead atoms. The molecule has 1 aliphatic heterocycles. The first kappa shape index (κ1) is 23.8. The van der Waals surface area contributed by atoms with Crippen LogP contribution in [0.3, 0.4) is 0 Å². The van der Waals surface area contributed by atoms with Gasteiger partial charge < -0.3 is 4.90 Å². The molecule has 0 saturated carbocycles. The minimum Gasteiger partial charge on any atom is -0.339 e. The fourth-order valence-corrected chi connectivity index (χ4v) is 5.70. The lowest BCUT2D eigenvalue weighted by Crippen LogP contribution is -2.32. The van der Waals surface area contributed by atoms with Gasteiger partial charge in [0.1, 0.15) is 0 Å². The van der Waals surface area contributed by atoms with E-state index < -0.39 is 10.0 Å². The summed E-state index contributed by atoms with van der Waals surface area (Å²) in [6, 6.07) is 12.4. The Kier molecular flexibility index (Phi) is 8.19. The van der Waals surface area contributed by atoms with Gasteiger partial charge in [-0.05, 0) is 61.8 Å². The van der Waals surface area contributed by atoms with Crippen LogP contribution in [0.25, 0.3) is 0 Å². The number of rotatable bonds is 7. The summed E-state index contributed by atoms with van der Waals surface area (Å²) in [5.41, 5.74) is 2.59. The van der Waals surface area contributed by atoms with Gasteiger partial charge in [-0.2, -0.15) is 0 Å². The zero-order chi connectivity index (χ0) is 22.4. The molecule has 1 fully saturated rings. The summed E-state index contributed by atoms with van der Waals surface area (Å²) < 4.78 is 29.0. The van der Waals surface area contributed by atoms with Crippen molar-refractivity contribution in [3.05, 3.63) is 59.2 Å². The van der Waals surface area contributed by atoms with E-state index in [9.17, 15) is 13.2 Å². The first-order valence-electron chi connectivity index (χ1n) is 10.9. The molecule has 0 unspecified atom stereocenters. The number of sulfonamides is 1. The molecule has 5 nitrogen and oxygen atoms in total. The number of likely N-dealkylation sites (tertiary alicyclic amines) is 1. The maximum atomic E-state index is 13.2. The van der Waals surface area contributed by atoms with Crippen LogP contribution >= 0.6 is 11.8 Å². The van der Waals surface area contributed by atoms with Crippen LogP contribution < -0.4 is 4.72 Å². The number of carbonyl (C=O) groups excluding carboxylic acids is 1. The largest absolute Gasteiger partial charge is 0.339 e. The van der Waals surface area contributed by atoms with Gasteiger partial charge >= 0.3 is 0 Å². The van der Waals surface area contributed by atoms with Gasteiger partial charge in [-0.25, -0.2) is 13.1 Å². The molecule has 0 aromatic heterocycles. The van der Waals surface area contributed by atoms with E-state index in [1.165, 1.54) is 23.4 Å². The van der Waals surface area contributed by atoms with Gasteiger partial charge in [-0.1, -0.05) is 44.0 Å². The molecule has 7 heteroatoms. The molecule has 0 spiro atoms. The Morgan fingerprint density at radius 1 is 1.06 bits per heavy atom. The first-order chi connectivity index (χ1) is 14.9. The van der Waals surface area contributed by atoms with Crippen molar-refractivity contribution in [2.24, 2.45) is 0 Å². The van der Waals surface area contributed by atoms with Gasteiger partial charge in [0, 0.05) is 24.0 Å². The molecule has 1 saturated heterocycles. The van der Waals surface area contributed by atoms with E-state index >= 15 is 0 Å². The van der Waals surface area contributed by atoms with Gasteiger partial charge in [-0.15, -0.1) is 11.8 Å². The summed E-state index contributed by atoms with van der Waals surface area (Å²) in [7, 11) is -3.77. The molecule has 1 amide bonds. The number of carbonyl (C=O) groups is 1. The second kappa shape index (κ2) is 10.7. The van der Waals surface area contributed by atoms with E-state index in [0.29, 0.717) is 5.56 Å². The second-order valence-electron chi connectivity index (χ2n) is 8.01. The number of hydrogen-bond donors (Lipinski definition) is 1. The third-order valence-electron chi connectivity index (χ3n) is 5.82. The Balaban J connectivity index is 1.85. The Morgan fingerprint density at radius 2 is 1.71 bits per heavy atom. The maximum Gasteiger partial charge on any atom is 0.255 e. The summed E-state index contributed by atoms with van der Waals surface area (Å²) in [6.45, 7) is 5.38. The van der Waals surface area contributed by atoms with Crippen molar-refractivity contribution in [3.63, 3.8) is 0 Å². The van der Waals surface area contributed by atoms with Crippen LogP contribution in [-0.2, 0) is 16.4 Å². The first-order valence-corrected chi connectivity index (χ1v) is 13.6. The smallest absolute Gasteiger partial charge is 0.255 e. The van der Waals surface area contributed by atoms with Gasteiger partial charge in [0.05, 0.1) is 10.5 Å². The number of amides is 1. The highest BCUT2D eigenvalue weighted by atomic mass is 32.2. The highest BCUT2D eigenvalue weighted by Gasteiger charge is 2.24. The Hall–Kier alpha value is -1.83. The zero-order valence-electron chi connectivity index (χ0n) is 18.6. The molecule has 1 aliphatic rings. The number of hydrogen-bond acceptors (Lipinski definition) is 4. The molecule has 0 aliphatic carbocycles. The van der Waals surface area contributed by atoms with E-state index in [1.807, 2.05) is 42.3 Å². The third-order valence-corrected chi connectivity index (χ3v) is 8.16. The predicted molar refractivity (Wildman–Crippen MR) is 127 cm³/mol. The number of nitrogens with zero attached hydrogens (tertiary/aromatic N) is 1. The van der Waals surface area contributed by atoms with E-state index in [4.69, 9.17) is 0 Å². The molecule has 168 valence electrons. The van der Waals surface area contributed by atoms with Gasteiger partial charge in [0.25, 0.3) is 5.91 Å². The van der Waals surface area contributed by atoms with Crippen molar-refractivity contribution >= 4 is 27.7 Å². The highest BCUT2D eigenvalue weighted by Crippen LogP contribution is 2.27. The van der Waals surface area contributed by atoms with Gasteiger partial charge in [0.2, 0.25) is 10.0 Å². The van der Waals surface area contributed by atoms with Crippen molar-refractivity contribution in [2.75, 3.05) is 19.3 Å². The molecule has 2 aromatic carbocycles. The van der Waals surface area contributed by atoms with Crippen LogP contribution in [0, 0.1) is 0 Å². The van der Waals surface area contributed by atoms with Crippen LogP contribution in [0.2, 0.25) is 0 Å². The fraction of sp³-hybridized carbons (Fsp3) is 0.458. The fourth-order valence-electron chi connectivity index (χ4n) is 3.88. The van der Waals surface area contributed by atoms with Crippen LogP contribution in [0.15, 0.2) is 52.3 Å². The van der Waals surface area contributed by atoms with Gasteiger partial charge in [0.15, 0.2) is 0 Å². The minimum absolute atomic E-state index is 0.0773. The molecule has 1 heterocycles.